The number of anilines is 1. The van der Waals surface area contributed by atoms with Gasteiger partial charge in [0, 0.05) is 30.5 Å². The molecule has 3 rings (SSSR count). The monoisotopic (exact) mass is 297 g/mol. The number of carbonyl (C=O) groups is 2. The maximum Gasteiger partial charge on any atom is 0.231 e. The van der Waals surface area contributed by atoms with E-state index in [2.05, 4.69) is 10.5 Å². The van der Waals surface area contributed by atoms with E-state index in [1.165, 1.54) is 0 Å². The molecular formula is C16H15N3O3. The molecule has 0 bridgehead atoms. The third-order valence-corrected chi connectivity index (χ3v) is 3.33. The molecule has 22 heavy (non-hydrogen) atoms. The van der Waals surface area contributed by atoms with Crippen LogP contribution in [-0.2, 0) is 4.79 Å². The van der Waals surface area contributed by atoms with Gasteiger partial charge in [0.25, 0.3) is 0 Å². The Bertz CT molecular complexity index is 832. The number of nitrogens with one attached hydrogen (secondary N) is 1. The van der Waals surface area contributed by atoms with Crippen LogP contribution in [0.15, 0.2) is 47.1 Å². The van der Waals surface area contributed by atoms with E-state index in [9.17, 15) is 9.59 Å². The summed E-state index contributed by atoms with van der Waals surface area (Å²) in [7, 11) is 0. The van der Waals surface area contributed by atoms with Crippen LogP contribution in [0.3, 0.4) is 0 Å². The van der Waals surface area contributed by atoms with Crippen molar-refractivity contribution in [1.82, 2.24) is 9.72 Å². The zero-order valence-corrected chi connectivity index (χ0v) is 12.1. The first kappa shape index (κ1) is 14.1. The Morgan fingerprint density at radius 2 is 2.05 bits per heavy atom. The van der Waals surface area contributed by atoms with Crippen LogP contribution < -0.4 is 5.32 Å². The van der Waals surface area contributed by atoms with Crippen molar-refractivity contribution in [2.45, 2.75) is 19.8 Å². The van der Waals surface area contributed by atoms with E-state index in [0.29, 0.717) is 11.6 Å². The van der Waals surface area contributed by atoms with Crippen LogP contribution in [-0.4, -0.2) is 21.5 Å². The molecule has 2 aromatic heterocycles. The van der Waals surface area contributed by atoms with Crippen molar-refractivity contribution >= 4 is 28.5 Å². The van der Waals surface area contributed by atoms with Gasteiger partial charge >= 0.3 is 0 Å². The van der Waals surface area contributed by atoms with Crippen molar-refractivity contribution in [1.29, 1.82) is 0 Å². The van der Waals surface area contributed by atoms with Crippen molar-refractivity contribution < 1.29 is 14.1 Å². The first-order valence-electron chi connectivity index (χ1n) is 6.96. The highest BCUT2D eigenvalue weighted by Crippen LogP contribution is 2.16. The summed E-state index contributed by atoms with van der Waals surface area (Å²) < 4.78 is 6.43. The Balaban J connectivity index is 1.61. The fraction of sp³-hybridized carbons (Fsp3) is 0.188. The molecule has 6 nitrogen and oxygen atoms in total. The third kappa shape index (κ3) is 2.90. The van der Waals surface area contributed by atoms with Crippen LogP contribution in [0.2, 0.25) is 0 Å². The number of aromatic nitrogens is 2. The highest BCUT2D eigenvalue weighted by Gasteiger charge is 2.12. The molecule has 2 heterocycles. The number of fused-ring (bicyclic) bond motifs is 1. The van der Waals surface area contributed by atoms with Gasteiger partial charge in [0.15, 0.2) is 5.82 Å². The predicted molar refractivity (Wildman–Crippen MR) is 81.7 cm³/mol. The Labute approximate surface area is 126 Å². The molecule has 0 saturated carbocycles. The molecule has 3 aromatic rings. The summed E-state index contributed by atoms with van der Waals surface area (Å²) in [5.74, 6) is 0.595. The van der Waals surface area contributed by atoms with Crippen LogP contribution in [0.5, 0.6) is 0 Å². The number of aryl methyl sites for hydroxylation is 1. The molecule has 0 unspecified atom stereocenters. The van der Waals surface area contributed by atoms with Gasteiger partial charge in [0.05, 0.1) is 5.52 Å². The van der Waals surface area contributed by atoms with Gasteiger partial charge < -0.3 is 9.84 Å². The van der Waals surface area contributed by atoms with Crippen molar-refractivity contribution in [3.63, 3.8) is 0 Å². The lowest BCUT2D eigenvalue weighted by molar-refractivity contribution is -0.116. The largest absolute Gasteiger partial charge is 0.360 e. The van der Waals surface area contributed by atoms with Crippen molar-refractivity contribution in [2.24, 2.45) is 0 Å². The van der Waals surface area contributed by atoms with Crippen LogP contribution >= 0.6 is 0 Å². The molecule has 112 valence electrons. The van der Waals surface area contributed by atoms with Gasteiger partial charge in [0.2, 0.25) is 11.8 Å². The lowest BCUT2D eigenvalue weighted by Crippen LogP contribution is -2.16. The van der Waals surface area contributed by atoms with Crippen molar-refractivity contribution in [2.75, 3.05) is 5.32 Å². The fourth-order valence-corrected chi connectivity index (χ4v) is 2.27. The summed E-state index contributed by atoms with van der Waals surface area (Å²) in [6.07, 6.45) is 1.95. The van der Waals surface area contributed by atoms with Gasteiger partial charge in [0.1, 0.15) is 5.76 Å². The number of carbonyl (C=O) groups excluding carboxylic acids is 2. The normalized spacial score (nSPS) is 10.8. The average Bonchev–Trinajstić information content (AvgIpc) is 3.11. The second-order valence-electron chi connectivity index (χ2n) is 5.01. The van der Waals surface area contributed by atoms with Crippen LogP contribution in [0.25, 0.3) is 10.9 Å². The van der Waals surface area contributed by atoms with Gasteiger partial charge in [-0.15, -0.1) is 0 Å². The minimum absolute atomic E-state index is 0.0945. The number of amides is 1. The van der Waals surface area contributed by atoms with Gasteiger partial charge in [-0.05, 0) is 19.1 Å². The van der Waals surface area contributed by atoms with Crippen molar-refractivity contribution in [3.05, 3.63) is 48.4 Å². The Morgan fingerprint density at radius 3 is 2.82 bits per heavy atom. The molecule has 1 amide bonds. The lowest BCUT2D eigenvalue weighted by Gasteiger charge is -2.04. The van der Waals surface area contributed by atoms with E-state index >= 15 is 0 Å². The number of hydrogen-bond acceptors (Lipinski definition) is 4. The fourth-order valence-electron chi connectivity index (χ4n) is 2.27. The number of nitrogens with zero attached hydrogens (tertiary/aromatic N) is 2. The van der Waals surface area contributed by atoms with Gasteiger partial charge in [-0.25, -0.2) is 0 Å². The Hall–Kier alpha value is -2.89. The van der Waals surface area contributed by atoms with Crippen LogP contribution in [0.1, 0.15) is 23.4 Å². The molecule has 0 radical (unpaired) electrons. The van der Waals surface area contributed by atoms with E-state index in [1.807, 2.05) is 30.3 Å². The molecule has 0 atom stereocenters. The second kappa shape index (κ2) is 5.85. The summed E-state index contributed by atoms with van der Waals surface area (Å²) in [5, 5.41) is 7.27. The summed E-state index contributed by atoms with van der Waals surface area (Å²) in [5.41, 5.74) is 0.847. The maximum absolute atomic E-state index is 12.2. The number of para-hydroxylation sites is 1. The lowest BCUT2D eigenvalue weighted by atomic mass is 10.2. The summed E-state index contributed by atoms with van der Waals surface area (Å²) in [4.78, 5) is 24.0. The summed E-state index contributed by atoms with van der Waals surface area (Å²) in [6.45, 7) is 1.74. The summed E-state index contributed by atoms with van der Waals surface area (Å²) >= 11 is 0. The summed E-state index contributed by atoms with van der Waals surface area (Å²) in [6, 6.07) is 11.1. The predicted octanol–water partition coefficient (Wildman–Crippen LogP) is 3.00. The Kier molecular flexibility index (Phi) is 3.74. The Morgan fingerprint density at radius 1 is 1.23 bits per heavy atom. The average molecular weight is 297 g/mol. The van der Waals surface area contributed by atoms with E-state index < -0.39 is 0 Å². The first-order chi connectivity index (χ1) is 10.6. The number of benzene rings is 1. The number of rotatable bonds is 4. The zero-order chi connectivity index (χ0) is 15.5. The molecule has 0 spiro atoms. The van der Waals surface area contributed by atoms with Crippen molar-refractivity contribution in [3.8, 4) is 0 Å². The molecule has 1 N–H and O–H groups in total. The molecule has 0 aliphatic carbocycles. The molecule has 0 fully saturated rings. The van der Waals surface area contributed by atoms with Crippen LogP contribution in [0, 0.1) is 6.92 Å². The molecular weight excluding hydrogens is 282 g/mol. The molecule has 0 saturated heterocycles. The topological polar surface area (TPSA) is 77.1 Å². The third-order valence-electron chi connectivity index (χ3n) is 3.33. The molecule has 1 aromatic carbocycles. The molecule has 6 heteroatoms. The smallest absolute Gasteiger partial charge is 0.231 e. The van der Waals surface area contributed by atoms with Gasteiger partial charge in [-0.3, -0.25) is 14.2 Å². The van der Waals surface area contributed by atoms with E-state index in [-0.39, 0.29) is 24.7 Å². The second-order valence-corrected chi connectivity index (χ2v) is 5.01. The number of hydrogen-bond donors (Lipinski definition) is 1. The van der Waals surface area contributed by atoms with E-state index in [0.717, 1.165) is 10.9 Å². The minimum atomic E-state index is -0.266. The van der Waals surface area contributed by atoms with Gasteiger partial charge in [-0.1, -0.05) is 23.4 Å². The first-order valence-corrected chi connectivity index (χ1v) is 6.96. The van der Waals surface area contributed by atoms with E-state index in [4.69, 9.17) is 4.52 Å². The highest BCUT2D eigenvalue weighted by atomic mass is 16.5. The zero-order valence-electron chi connectivity index (χ0n) is 12.1. The standard InChI is InChI=1S/C16H15N3O3/c1-11-10-14(18-22-11)17-15(20)6-7-16(21)19-9-8-12-4-2-3-5-13(12)19/h2-5,8-10H,6-7H2,1H3,(H,17,18,20). The van der Waals surface area contributed by atoms with E-state index in [1.54, 1.807) is 23.8 Å². The maximum atomic E-state index is 12.2. The highest BCUT2D eigenvalue weighted by molar-refractivity contribution is 5.96. The van der Waals surface area contributed by atoms with Gasteiger partial charge in [-0.2, -0.15) is 0 Å². The van der Waals surface area contributed by atoms with Crippen LogP contribution in [0.4, 0.5) is 5.82 Å². The SMILES string of the molecule is Cc1cc(NC(=O)CCC(=O)n2ccc3ccccc32)no1. The minimum Gasteiger partial charge on any atom is -0.360 e. The molecule has 0 aliphatic rings. The quantitative estimate of drug-likeness (QED) is 0.803. The molecule has 0 aliphatic heterocycles.